The number of ether oxygens (including phenoxy) is 1. The summed E-state index contributed by atoms with van der Waals surface area (Å²) >= 11 is 0. The molecule has 1 saturated carbocycles. The first-order chi connectivity index (χ1) is 11.7. The smallest absolute Gasteiger partial charge is 0.229 e. The molecule has 1 atom stereocenters. The van der Waals surface area contributed by atoms with Gasteiger partial charge in [0.25, 0.3) is 0 Å². The first-order valence-electron chi connectivity index (χ1n) is 8.74. The van der Waals surface area contributed by atoms with Gasteiger partial charge in [0.2, 0.25) is 11.8 Å². The number of nitrogens with zero attached hydrogens (tertiary/aromatic N) is 2. The van der Waals surface area contributed by atoms with E-state index in [0.717, 1.165) is 50.5 Å². The van der Waals surface area contributed by atoms with E-state index in [1.165, 1.54) is 0 Å². The highest BCUT2D eigenvalue weighted by molar-refractivity contribution is 5.97. The zero-order valence-electron chi connectivity index (χ0n) is 13.7. The number of morpholine rings is 1. The Hall–Kier alpha value is -2.08. The average molecular weight is 329 g/mol. The Bertz CT molecular complexity index is 621. The predicted octanol–water partition coefficient (Wildman–Crippen LogP) is 1.47. The van der Waals surface area contributed by atoms with Crippen LogP contribution in [0.2, 0.25) is 0 Å². The molecular weight excluding hydrogens is 306 g/mol. The molecule has 3 aliphatic rings. The molecule has 128 valence electrons. The van der Waals surface area contributed by atoms with E-state index in [1.54, 1.807) is 0 Å². The molecule has 3 fully saturated rings. The lowest BCUT2D eigenvalue weighted by Gasteiger charge is -2.28. The van der Waals surface area contributed by atoms with Crippen LogP contribution in [0.15, 0.2) is 24.3 Å². The number of rotatable bonds is 4. The molecule has 0 bridgehead atoms. The molecule has 1 aromatic carbocycles. The fourth-order valence-corrected chi connectivity index (χ4v) is 3.47. The van der Waals surface area contributed by atoms with Crippen LogP contribution >= 0.6 is 0 Å². The molecule has 0 radical (unpaired) electrons. The zero-order valence-corrected chi connectivity index (χ0v) is 13.7. The van der Waals surface area contributed by atoms with Crippen molar-refractivity contribution < 1.29 is 14.3 Å². The molecule has 1 N–H and O–H groups in total. The number of benzene rings is 1. The standard InChI is InChI=1S/C18H23N3O3/c22-17-11-13(12-21(17)16-5-6-16)18(23)19-14-1-3-15(4-2-14)20-7-9-24-10-8-20/h1-4,13,16H,5-12H2,(H,19,23)/t13-/m0/s1. The second kappa shape index (κ2) is 6.43. The van der Waals surface area contributed by atoms with Gasteiger partial charge in [-0.25, -0.2) is 0 Å². The summed E-state index contributed by atoms with van der Waals surface area (Å²) in [5.74, 6) is -0.150. The lowest BCUT2D eigenvalue weighted by Crippen LogP contribution is -2.36. The lowest BCUT2D eigenvalue weighted by atomic mass is 10.1. The summed E-state index contributed by atoms with van der Waals surface area (Å²) in [6.07, 6.45) is 2.51. The highest BCUT2D eigenvalue weighted by Crippen LogP contribution is 2.33. The van der Waals surface area contributed by atoms with Crippen LogP contribution in [-0.2, 0) is 14.3 Å². The monoisotopic (exact) mass is 329 g/mol. The average Bonchev–Trinajstić information content (AvgIpc) is 3.38. The highest BCUT2D eigenvalue weighted by atomic mass is 16.5. The Morgan fingerprint density at radius 2 is 1.83 bits per heavy atom. The summed E-state index contributed by atoms with van der Waals surface area (Å²) in [7, 11) is 0. The van der Waals surface area contributed by atoms with Crippen molar-refractivity contribution in [2.45, 2.75) is 25.3 Å². The van der Waals surface area contributed by atoms with Crippen LogP contribution in [0, 0.1) is 5.92 Å². The summed E-state index contributed by atoms with van der Waals surface area (Å²) in [6.45, 7) is 3.87. The third kappa shape index (κ3) is 3.24. The Balaban J connectivity index is 1.34. The molecule has 2 aliphatic heterocycles. The van der Waals surface area contributed by atoms with Crippen molar-refractivity contribution in [3.05, 3.63) is 24.3 Å². The maximum Gasteiger partial charge on any atom is 0.229 e. The van der Waals surface area contributed by atoms with E-state index in [9.17, 15) is 9.59 Å². The molecule has 24 heavy (non-hydrogen) atoms. The lowest BCUT2D eigenvalue weighted by molar-refractivity contribution is -0.128. The van der Waals surface area contributed by atoms with Gasteiger partial charge in [-0.2, -0.15) is 0 Å². The number of carbonyl (C=O) groups excluding carboxylic acids is 2. The van der Waals surface area contributed by atoms with Crippen LogP contribution in [0.4, 0.5) is 11.4 Å². The summed E-state index contributed by atoms with van der Waals surface area (Å²) in [6, 6.07) is 8.30. The number of carbonyl (C=O) groups is 2. The van der Waals surface area contributed by atoms with E-state index >= 15 is 0 Å². The third-order valence-electron chi connectivity index (χ3n) is 5.03. The van der Waals surface area contributed by atoms with Gasteiger partial charge in [-0.3, -0.25) is 9.59 Å². The molecule has 6 heteroatoms. The van der Waals surface area contributed by atoms with Gasteiger partial charge in [0.1, 0.15) is 0 Å². The molecule has 4 rings (SSSR count). The van der Waals surface area contributed by atoms with Crippen LogP contribution in [0.3, 0.4) is 0 Å². The molecule has 1 aromatic rings. The number of amides is 2. The molecule has 0 unspecified atom stereocenters. The molecule has 2 amide bonds. The van der Waals surface area contributed by atoms with Crippen LogP contribution < -0.4 is 10.2 Å². The summed E-state index contributed by atoms with van der Waals surface area (Å²) < 4.78 is 5.36. The molecule has 1 aliphatic carbocycles. The Morgan fingerprint density at radius 1 is 1.12 bits per heavy atom. The fraction of sp³-hybridized carbons (Fsp3) is 0.556. The van der Waals surface area contributed by atoms with Gasteiger partial charge in [0.15, 0.2) is 0 Å². The number of likely N-dealkylation sites (tertiary alicyclic amines) is 1. The summed E-state index contributed by atoms with van der Waals surface area (Å²) in [5.41, 5.74) is 1.93. The SMILES string of the molecule is O=C(Nc1ccc(N2CCOCC2)cc1)[C@H]1CC(=O)N(C2CC2)C1. The Morgan fingerprint density at radius 3 is 2.50 bits per heavy atom. The van der Waals surface area contributed by atoms with E-state index in [1.807, 2.05) is 29.2 Å². The van der Waals surface area contributed by atoms with Crippen molar-refractivity contribution in [2.24, 2.45) is 5.92 Å². The van der Waals surface area contributed by atoms with E-state index in [-0.39, 0.29) is 17.7 Å². The van der Waals surface area contributed by atoms with Crippen molar-refractivity contribution >= 4 is 23.2 Å². The summed E-state index contributed by atoms with van der Waals surface area (Å²) in [5, 5.41) is 2.95. The second-order valence-electron chi connectivity index (χ2n) is 6.81. The van der Waals surface area contributed by atoms with Crippen LogP contribution in [0.5, 0.6) is 0 Å². The van der Waals surface area contributed by atoms with Crippen LogP contribution in [-0.4, -0.2) is 55.6 Å². The first kappa shape index (κ1) is 15.4. The highest BCUT2D eigenvalue weighted by Gasteiger charge is 2.41. The quantitative estimate of drug-likeness (QED) is 0.909. The number of hydrogen-bond donors (Lipinski definition) is 1. The minimum atomic E-state index is -0.225. The largest absolute Gasteiger partial charge is 0.378 e. The molecule has 2 heterocycles. The predicted molar refractivity (Wildman–Crippen MR) is 90.9 cm³/mol. The fourth-order valence-electron chi connectivity index (χ4n) is 3.47. The van der Waals surface area contributed by atoms with Gasteiger partial charge in [-0.15, -0.1) is 0 Å². The first-order valence-corrected chi connectivity index (χ1v) is 8.74. The van der Waals surface area contributed by atoms with Crippen LogP contribution in [0.25, 0.3) is 0 Å². The molecule has 0 spiro atoms. The topological polar surface area (TPSA) is 61.9 Å². The van der Waals surface area contributed by atoms with Crippen molar-refractivity contribution in [1.29, 1.82) is 0 Å². The van der Waals surface area contributed by atoms with Gasteiger partial charge >= 0.3 is 0 Å². The second-order valence-corrected chi connectivity index (χ2v) is 6.81. The van der Waals surface area contributed by atoms with E-state index in [2.05, 4.69) is 10.2 Å². The van der Waals surface area contributed by atoms with Crippen molar-refractivity contribution in [2.75, 3.05) is 43.1 Å². The minimum Gasteiger partial charge on any atom is -0.378 e. The normalized spacial score (nSPS) is 24.3. The van der Waals surface area contributed by atoms with Crippen LogP contribution in [0.1, 0.15) is 19.3 Å². The minimum absolute atomic E-state index is 0.0503. The van der Waals surface area contributed by atoms with Gasteiger partial charge in [0, 0.05) is 43.5 Å². The zero-order chi connectivity index (χ0) is 16.5. The van der Waals surface area contributed by atoms with E-state index in [0.29, 0.717) is 19.0 Å². The van der Waals surface area contributed by atoms with Crippen molar-refractivity contribution in [1.82, 2.24) is 4.90 Å². The Labute approximate surface area is 141 Å². The van der Waals surface area contributed by atoms with Gasteiger partial charge in [0.05, 0.1) is 19.1 Å². The van der Waals surface area contributed by atoms with Crippen molar-refractivity contribution in [3.63, 3.8) is 0 Å². The number of nitrogens with one attached hydrogen (secondary N) is 1. The van der Waals surface area contributed by atoms with Crippen molar-refractivity contribution in [3.8, 4) is 0 Å². The maximum atomic E-state index is 12.4. The molecule has 6 nitrogen and oxygen atoms in total. The Kier molecular flexibility index (Phi) is 4.14. The number of anilines is 2. The number of hydrogen-bond acceptors (Lipinski definition) is 4. The third-order valence-corrected chi connectivity index (χ3v) is 5.03. The van der Waals surface area contributed by atoms with E-state index in [4.69, 9.17) is 4.74 Å². The van der Waals surface area contributed by atoms with Gasteiger partial charge in [-0.1, -0.05) is 0 Å². The molecule has 2 saturated heterocycles. The molecule has 0 aromatic heterocycles. The van der Waals surface area contributed by atoms with E-state index < -0.39 is 0 Å². The van der Waals surface area contributed by atoms with Gasteiger partial charge in [-0.05, 0) is 37.1 Å². The maximum absolute atomic E-state index is 12.4. The summed E-state index contributed by atoms with van der Waals surface area (Å²) in [4.78, 5) is 28.5. The van der Waals surface area contributed by atoms with Gasteiger partial charge < -0.3 is 19.9 Å². The molecular formula is C18H23N3O3.